The fraction of sp³-hybridized carbons (Fsp3) is 0.133. The standard InChI is InChI=1S/C15H11F3N6OS2/c16-15(17,18)10-7-11(27-14-19-4-2-5-20-14)23-12(22-10)24-13(26)21-8-9-3-1-6-25-9/h1-7H,8H2,(H2,21,22,23,24,26). The first-order chi connectivity index (χ1) is 12.9. The lowest BCUT2D eigenvalue weighted by molar-refractivity contribution is -0.141. The van der Waals surface area contributed by atoms with Crippen molar-refractivity contribution in [2.24, 2.45) is 0 Å². The Labute approximate surface area is 160 Å². The van der Waals surface area contributed by atoms with Gasteiger partial charge in [0, 0.05) is 18.5 Å². The van der Waals surface area contributed by atoms with Crippen LogP contribution in [0.5, 0.6) is 0 Å². The van der Waals surface area contributed by atoms with Gasteiger partial charge in [0.2, 0.25) is 5.95 Å². The summed E-state index contributed by atoms with van der Waals surface area (Å²) in [6.07, 6.45) is -0.184. The highest BCUT2D eigenvalue weighted by molar-refractivity contribution is 7.99. The lowest BCUT2D eigenvalue weighted by atomic mass is 10.4. The van der Waals surface area contributed by atoms with Crippen LogP contribution < -0.4 is 10.6 Å². The van der Waals surface area contributed by atoms with Crippen LogP contribution in [0, 0.1) is 0 Å². The zero-order valence-electron chi connectivity index (χ0n) is 13.4. The summed E-state index contributed by atoms with van der Waals surface area (Å²) in [5.41, 5.74) is -1.10. The van der Waals surface area contributed by atoms with E-state index in [2.05, 4.69) is 30.6 Å². The number of rotatable bonds is 5. The summed E-state index contributed by atoms with van der Waals surface area (Å²) in [6.45, 7) is 0.261. The first kappa shape index (κ1) is 19.0. The molecule has 7 nitrogen and oxygen atoms in total. The molecule has 3 heterocycles. The van der Waals surface area contributed by atoms with Gasteiger partial charge in [0.15, 0.2) is 16.0 Å². The molecule has 2 N–H and O–H groups in total. The molecule has 0 bridgehead atoms. The zero-order valence-corrected chi connectivity index (χ0v) is 15.0. The fourth-order valence-corrected chi connectivity index (χ4v) is 2.72. The molecule has 140 valence electrons. The molecule has 3 aromatic heterocycles. The number of nitrogens with one attached hydrogen (secondary N) is 2. The third-order valence-electron chi connectivity index (χ3n) is 2.96. The van der Waals surface area contributed by atoms with Crippen molar-refractivity contribution in [1.82, 2.24) is 25.3 Å². The summed E-state index contributed by atoms with van der Waals surface area (Å²) in [6, 6.07) is 5.86. The van der Waals surface area contributed by atoms with E-state index in [1.54, 1.807) is 18.2 Å². The molecule has 0 radical (unpaired) electrons. The van der Waals surface area contributed by atoms with Gasteiger partial charge < -0.3 is 15.1 Å². The summed E-state index contributed by atoms with van der Waals surface area (Å²) in [5.74, 6) is 0.321. The van der Waals surface area contributed by atoms with Crippen LogP contribution in [0.4, 0.5) is 19.1 Å². The van der Waals surface area contributed by atoms with Gasteiger partial charge in [-0.25, -0.2) is 19.9 Å². The molecule has 0 unspecified atom stereocenters. The van der Waals surface area contributed by atoms with Crippen molar-refractivity contribution in [3.63, 3.8) is 0 Å². The first-order valence-electron chi connectivity index (χ1n) is 7.38. The minimum absolute atomic E-state index is 0.0276. The van der Waals surface area contributed by atoms with Crippen LogP contribution in [-0.4, -0.2) is 25.0 Å². The number of hydrogen-bond donors (Lipinski definition) is 2. The number of halogens is 3. The van der Waals surface area contributed by atoms with Gasteiger partial charge in [0.25, 0.3) is 0 Å². The molecular formula is C15H11F3N6OS2. The minimum Gasteiger partial charge on any atom is -0.467 e. The van der Waals surface area contributed by atoms with Crippen molar-refractivity contribution in [3.05, 3.63) is 54.4 Å². The molecule has 27 heavy (non-hydrogen) atoms. The van der Waals surface area contributed by atoms with Crippen LogP contribution in [-0.2, 0) is 12.7 Å². The molecule has 12 heteroatoms. The molecule has 0 saturated heterocycles. The molecule has 0 aliphatic heterocycles. The third kappa shape index (κ3) is 5.62. The van der Waals surface area contributed by atoms with Gasteiger partial charge in [0.05, 0.1) is 12.8 Å². The molecule has 3 aromatic rings. The zero-order chi connectivity index (χ0) is 19.3. The molecule has 0 saturated carbocycles. The van der Waals surface area contributed by atoms with Crippen LogP contribution in [0.1, 0.15) is 11.5 Å². The second kappa shape index (κ2) is 8.31. The smallest absolute Gasteiger partial charge is 0.433 e. The lowest BCUT2D eigenvalue weighted by Crippen LogP contribution is -2.29. The van der Waals surface area contributed by atoms with E-state index >= 15 is 0 Å². The molecule has 0 aliphatic rings. The van der Waals surface area contributed by atoms with Crippen molar-refractivity contribution >= 4 is 35.0 Å². The van der Waals surface area contributed by atoms with Crippen LogP contribution in [0.2, 0.25) is 0 Å². The third-order valence-corrected chi connectivity index (χ3v) is 4.02. The summed E-state index contributed by atoms with van der Waals surface area (Å²) < 4.78 is 44.6. The quantitative estimate of drug-likeness (QED) is 0.371. The predicted molar refractivity (Wildman–Crippen MR) is 95.0 cm³/mol. The van der Waals surface area contributed by atoms with E-state index in [1.807, 2.05) is 0 Å². The number of alkyl halides is 3. The van der Waals surface area contributed by atoms with Gasteiger partial charge >= 0.3 is 6.18 Å². The number of furan rings is 1. The second-order valence-electron chi connectivity index (χ2n) is 4.93. The van der Waals surface area contributed by atoms with Crippen molar-refractivity contribution in [3.8, 4) is 0 Å². The van der Waals surface area contributed by atoms with E-state index in [-0.39, 0.29) is 27.8 Å². The Bertz CT molecular complexity index is 906. The molecule has 3 rings (SSSR count). The van der Waals surface area contributed by atoms with E-state index in [4.69, 9.17) is 16.6 Å². The molecule has 0 aliphatic carbocycles. The lowest BCUT2D eigenvalue weighted by Gasteiger charge is -2.12. The van der Waals surface area contributed by atoms with Crippen molar-refractivity contribution in [1.29, 1.82) is 0 Å². The van der Waals surface area contributed by atoms with Crippen molar-refractivity contribution < 1.29 is 17.6 Å². The second-order valence-corrected chi connectivity index (χ2v) is 6.33. The van der Waals surface area contributed by atoms with E-state index in [9.17, 15) is 13.2 Å². The summed E-state index contributed by atoms with van der Waals surface area (Å²) >= 11 is 5.94. The Morgan fingerprint density at radius 1 is 1.19 bits per heavy atom. The average Bonchev–Trinajstić information content (AvgIpc) is 3.13. The largest absolute Gasteiger partial charge is 0.467 e. The Morgan fingerprint density at radius 3 is 2.63 bits per heavy atom. The SMILES string of the molecule is FC(F)(F)c1cc(Sc2ncccn2)nc(NC(=S)NCc2ccco2)n1. The highest BCUT2D eigenvalue weighted by atomic mass is 32.2. The van der Waals surface area contributed by atoms with Gasteiger partial charge in [-0.2, -0.15) is 13.2 Å². The van der Waals surface area contributed by atoms with E-state index in [0.29, 0.717) is 5.76 Å². The van der Waals surface area contributed by atoms with Crippen LogP contribution in [0.25, 0.3) is 0 Å². The van der Waals surface area contributed by atoms with Gasteiger partial charge in [-0.1, -0.05) is 0 Å². The highest BCUT2D eigenvalue weighted by Gasteiger charge is 2.34. The monoisotopic (exact) mass is 412 g/mol. The number of thiocarbonyl (C=S) groups is 1. The van der Waals surface area contributed by atoms with Crippen LogP contribution >= 0.6 is 24.0 Å². The molecule has 0 aromatic carbocycles. The van der Waals surface area contributed by atoms with Gasteiger partial charge in [0.1, 0.15) is 10.8 Å². The highest BCUT2D eigenvalue weighted by Crippen LogP contribution is 2.32. The van der Waals surface area contributed by atoms with E-state index in [0.717, 1.165) is 17.8 Å². The molecule has 0 amide bonds. The fourth-order valence-electron chi connectivity index (χ4n) is 1.84. The van der Waals surface area contributed by atoms with Crippen LogP contribution in [0.3, 0.4) is 0 Å². The summed E-state index contributed by atoms with van der Waals surface area (Å²) in [5, 5.41) is 5.68. The van der Waals surface area contributed by atoms with Crippen LogP contribution in [0.15, 0.2) is 57.5 Å². The van der Waals surface area contributed by atoms with E-state index < -0.39 is 11.9 Å². The Kier molecular flexibility index (Phi) is 5.86. The molecular weight excluding hydrogens is 401 g/mol. The molecule has 0 fully saturated rings. The van der Waals surface area contributed by atoms with Crippen molar-refractivity contribution in [2.75, 3.05) is 5.32 Å². The Morgan fingerprint density at radius 2 is 1.96 bits per heavy atom. The Balaban J connectivity index is 1.76. The molecule has 0 atom stereocenters. The molecule has 0 spiro atoms. The topological polar surface area (TPSA) is 88.8 Å². The minimum atomic E-state index is -4.64. The first-order valence-corrected chi connectivity index (χ1v) is 8.61. The maximum Gasteiger partial charge on any atom is 0.433 e. The average molecular weight is 412 g/mol. The normalized spacial score (nSPS) is 11.2. The maximum absolute atomic E-state index is 13.1. The summed E-state index contributed by atoms with van der Waals surface area (Å²) in [7, 11) is 0. The summed E-state index contributed by atoms with van der Waals surface area (Å²) in [4.78, 5) is 15.4. The number of nitrogens with zero attached hydrogens (tertiary/aromatic N) is 4. The van der Waals surface area contributed by atoms with Gasteiger partial charge in [-0.15, -0.1) is 0 Å². The Hall–Kier alpha value is -2.73. The van der Waals surface area contributed by atoms with Gasteiger partial charge in [-0.3, -0.25) is 0 Å². The van der Waals surface area contributed by atoms with Crippen molar-refractivity contribution in [2.45, 2.75) is 22.9 Å². The van der Waals surface area contributed by atoms with E-state index in [1.165, 1.54) is 18.7 Å². The number of anilines is 1. The number of aromatic nitrogens is 4. The maximum atomic E-state index is 13.1. The number of hydrogen-bond acceptors (Lipinski definition) is 7. The van der Waals surface area contributed by atoms with Gasteiger partial charge in [-0.05, 0) is 42.2 Å². The predicted octanol–water partition coefficient (Wildman–Crippen LogP) is 3.52.